The van der Waals surface area contributed by atoms with Crippen LogP contribution in [0.1, 0.15) is 116 Å². The second-order valence-electron chi connectivity index (χ2n) is 8.50. The summed E-state index contributed by atoms with van der Waals surface area (Å²) < 4.78 is 0. The van der Waals surface area contributed by atoms with Gasteiger partial charge in [0, 0.05) is 25.8 Å². The molecule has 0 aliphatic heterocycles. The summed E-state index contributed by atoms with van der Waals surface area (Å²) in [6, 6.07) is 0. The monoisotopic (exact) mass is 441 g/mol. The molecule has 0 aromatic heterocycles. The second-order valence-corrected chi connectivity index (χ2v) is 8.50. The van der Waals surface area contributed by atoms with Crippen LogP contribution in [0.3, 0.4) is 0 Å². The molecule has 0 heterocycles. The molecule has 1 amide bonds. The largest absolute Gasteiger partial charge is 0.481 e. The molecule has 0 aromatic carbocycles. The Hall–Kier alpha value is -1.92. The fourth-order valence-electron chi connectivity index (χ4n) is 3.58. The van der Waals surface area contributed by atoms with Crippen LogP contribution in [0.2, 0.25) is 0 Å². The van der Waals surface area contributed by atoms with Gasteiger partial charge in [-0.3, -0.25) is 19.2 Å². The first kappa shape index (κ1) is 29.1. The number of hydrogen-bond acceptors (Lipinski definition) is 4. The summed E-state index contributed by atoms with van der Waals surface area (Å²) in [5, 5.41) is 17.5. The predicted molar refractivity (Wildman–Crippen MR) is 121 cm³/mol. The van der Waals surface area contributed by atoms with Crippen molar-refractivity contribution in [3.8, 4) is 0 Å². The van der Waals surface area contributed by atoms with Crippen LogP contribution in [0.4, 0.5) is 0 Å². The van der Waals surface area contributed by atoms with Crippen LogP contribution in [0.5, 0.6) is 0 Å². The lowest BCUT2D eigenvalue weighted by molar-refractivity contribution is -0.144. The summed E-state index contributed by atoms with van der Waals surface area (Å²) in [7, 11) is 0. The number of nitrogens with zero attached hydrogens (tertiary/aromatic N) is 1. The molecule has 0 fully saturated rings. The maximum Gasteiger partial charge on any atom is 0.323 e. The number of amides is 1. The predicted octanol–water partition coefficient (Wildman–Crippen LogP) is 5.20. The molecular weight excluding hydrogens is 398 g/mol. The van der Waals surface area contributed by atoms with Crippen LogP contribution in [0.25, 0.3) is 0 Å². The van der Waals surface area contributed by atoms with Crippen molar-refractivity contribution >= 4 is 23.6 Å². The van der Waals surface area contributed by atoms with Gasteiger partial charge < -0.3 is 15.1 Å². The molecule has 31 heavy (non-hydrogen) atoms. The van der Waals surface area contributed by atoms with Gasteiger partial charge in [0.05, 0.1) is 0 Å². The van der Waals surface area contributed by atoms with E-state index in [1.807, 2.05) is 0 Å². The van der Waals surface area contributed by atoms with Crippen molar-refractivity contribution in [1.29, 1.82) is 0 Å². The van der Waals surface area contributed by atoms with Gasteiger partial charge in [0.1, 0.15) is 12.3 Å². The Bertz CT molecular complexity index is 520. The van der Waals surface area contributed by atoms with Gasteiger partial charge in [0.25, 0.3) is 0 Å². The van der Waals surface area contributed by atoms with Crippen LogP contribution in [0.15, 0.2) is 0 Å². The van der Waals surface area contributed by atoms with Gasteiger partial charge in [-0.2, -0.15) is 0 Å². The maximum absolute atomic E-state index is 12.2. The van der Waals surface area contributed by atoms with E-state index in [0.29, 0.717) is 12.8 Å². The topological polar surface area (TPSA) is 112 Å². The first-order valence-corrected chi connectivity index (χ1v) is 12.0. The number of unbranched alkanes of at least 4 members (excludes halogenated alkanes) is 13. The summed E-state index contributed by atoms with van der Waals surface area (Å²) in [4.78, 5) is 45.8. The first-order chi connectivity index (χ1) is 14.8. The number of carbonyl (C=O) groups is 4. The third kappa shape index (κ3) is 21.1. The number of ketones is 1. The van der Waals surface area contributed by atoms with E-state index in [4.69, 9.17) is 10.2 Å². The molecule has 7 heteroatoms. The average molecular weight is 442 g/mol. The molecule has 180 valence electrons. The maximum atomic E-state index is 12.2. The van der Waals surface area contributed by atoms with Gasteiger partial charge >= 0.3 is 11.9 Å². The molecule has 0 aromatic rings. The fourth-order valence-corrected chi connectivity index (χ4v) is 3.58. The number of aliphatic carboxylic acids is 2. The normalized spacial score (nSPS) is 10.7. The highest BCUT2D eigenvalue weighted by molar-refractivity contribution is 5.82. The lowest BCUT2D eigenvalue weighted by Gasteiger charge is -2.20. The van der Waals surface area contributed by atoms with E-state index in [1.54, 1.807) is 0 Å². The van der Waals surface area contributed by atoms with Crippen LogP contribution < -0.4 is 0 Å². The summed E-state index contributed by atoms with van der Waals surface area (Å²) in [6.45, 7) is 1.29. The highest BCUT2D eigenvalue weighted by Crippen LogP contribution is 2.14. The zero-order valence-corrected chi connectivity index (χ0v) is 19.4. The van der Waals surface area contributed by atoms with Crippen LogP contribution in [-0.4, -0.2) is 51.8 Å². The Morgan fingerprint density at radius 2 is 0.935 bits per heavy atom. The smallest absolute Gasteiger partial charge is 0.323 e. The van der Waals surface area contributed by atoms with Crippen LogP contribution in [-0.2, 0) is 19.2 Å². The number of rotatable bonds is 22. The Morgan fingerprint density at radius 3 is 1.29 bits per heavy atom. The van der Waals surface area contributed by atoms with Crippen molar-refractivity contribution in [3.63, 3.8) is 0 Å². The lowest BCUT2D eigenvalue weighted by Crippen LogP contribution is -2.36. The first-order valence-electron chi connectivity index (χ1n) is 12.0. The Balaban J connectivity index is 3.51. The van der Waals surface area contributed by atoms with Gasteiger partial charge in [-0.1, -0.05) is 77.0 Å². The van der Waals surface area contributed by atoms with E-state index in [-0.39, 0.29) is 31.2 Å². The minimum atomic E-state index is -1.05. The van der Waals surface area contributed by atoms with Crippen LogP contribution in [0, 0.1) is 0 Å². The van der Waals surface area contributed by atoms with E-state index in [9.17, 15) is 19.2 Å². The molecule has 0 rings (SSSR count). The van der Waals surface area contributed by atoms with E-state index in [1.165, 1.54) is 63.2 Å². The Morgan fingerprint density at radius 1 is 0.548 bits per heavy atom. The van der Waals surface area contributed by atoms with Gasteiger partial charge in [-0.15, -0.1) is 0 Å². The number of carbonyl (C=O) groups excluding carboxylic acids is 2. The number of Topliss-reactive ketones (excluding diaryl/α,β-unsaturated/α-hetero) is 1. The molecule has 0 spiro atoms. The van der Waals surface area contributed by atoms with Crippen molar-refractivity contribution in [2.75, 3.05) is 13.1 Å². The summed E-state index contributed by atoms with van der Waals surface area (Å²) in [6.07, 6.45) is 16.5. The minimum absolute atomic E-state index is 0.0452. The second kappa shape index (κ2) is 20.0. The number of carboxylic acids is 2. The van der Waals surface area contributed by atoms with Crippen molar-refractivity contribution in [2.24, 2.45) is 0 Å². The van der Waals surface area contributed by atoms with Crippen molar-refractivity contribution in [3.05, 3.63) is 0 Å². The summed E-state index contributed by atoms with van der Waals surface area (Å²) >= 11 is 0. The summed E-state index contributed by atoms with van der Waals surface area (Å²) in [5.41, 5.74) is 0. The third-order valence-electron chi connectivity index (χ3n) is 5.44. The number of hydrogen-bond donors (Lipinski definition) is 2. The SMILES string of the molecule is CC(=O)CCN(CC(=O)O)C(=O)CCCCCCCCCCCCCCCCC(=O)O. The quantitative estimate of drug-likeness (QED) is 0.223. The molecule has 0 radical (unpaired) electrons. The molecule has 0 bridgehead atoms. The molecule has 0 saturated heterocycles. The molecule has 0 atom stereocenters. The zero-order chi connectivity index (χ0) is 23.3. The lowest BCUT2D eigenvalue weighted by atomic mass is 10.0. The summed E-state index contributed by atoms with van der Waals surface area (Å²) in [5.74, 6) is -1.97. The van der Waals surface area contributed by atoms with Crippen molar-refractivity contribution in [2.45, 2.75) is 116 Å². The van der Waals surface area contributed by atoms with E-state index in [2.05, 4.69) is 0 Å². The highest BCUT2D eigenvalue weighted by Gasteiger charge is 2.16. The van der Waals surface area contributed by atoms with Gasteiger partial charge in [-0.25, -0.2) is 0 Å². The molecular formula is C24H43NO6. The van der Waals surface area contributed by atoms with E-state index in [0.717, 1.165) is 38.5 Å². The molecule has 0 aliphatic carbocycles. The highest BCUT2D eigenvalue weighted by atomic mass is 16.4. The molecule has 7 nitrogen and oxygen atoms in total. The van der Waals surface area contributed by atoms with Crippen molar-refractivity contribution < 1.29 is 29.4 Å². The molecule has 2 N–H and O–H groups in total. The fraction of sp³-hybridized carbons (Fsp3) is 0.833. The minimum Gasteiger partial charge on any atom is -0.481 e. The zero-order valence-electron chi connectivity index (χ0n) is 19.4. The molecule has 0 unspecified atom stereocenters. The van der Waals surface area contributed by atoms with Crippen LogP contribution >= 0.6 is 0 Å². The molecule has 0 aliphatic rings. The standard InChI is InChI=1S/C24H43NO6/c1-21(26)18-19-25(20-24(30)31)22(27)16-14-12-10-8-6-4-2-3-5-7-9-11-13-15-17-23(28)29/h2-20H2,1H3,(H,28,29)(H,30,31). The average Bonchev–Trinajstić information content (AvgIpc) is 2.69. The van der Waals surface area contributed by atoms with E-state index >= 15 is 0 Å². The van der Waals surface area contributed by atoms with Crippen molar-refractivity contribution in [1.82, 2.24) is 4.90 Å². The third-order valence-corrected chi connectivity index (χ3v) is 5.44. The Kier molecular flexibility index (Phi) is 18.8. The van der Waals surface area contributed by atoms with Gasteiger partial charge in [0.15, 0.2) is 0 Å². The Labute approximate surface area is 187 Å². The molecule has 0 saturated carbocycles. The van der Waals surface area contributed by atoms with Gasteiger partial charge in [0.2, 0.25) is 5.91 Å². The number of carboxylic acid groups (broad SMARTS) is 2. The van der Waals surface area contributed by atoms with Gasteiger partial charge in [-0.05, 0) is 19.8 Å². The van der Waals surface area contributed by atoms with E-state index < -0.39 is 11.9 Å².